The molecule has 33 heavy (non-hydrogen) atoms. The zero-order valence-electron chi connectivity index (χ0n) is 18.3. The first-order valence-corrected chi connectivity index (χ1v) is 11.4. The molecule has 4 rings (SSSR count). The average molecular weight is 468 g/mol. The van der Waals surface area contributed by atoms with E-state index in [9.17, 15) is 9.59 Å². The summed E-state index contributed by atoms with van der Waals surface area (Å²) in [7, 11) is 1.48. The first-order chi connectivity index (χ1) is 16.0. The van der Waals surface area contributed by atoms with Gasteiger partial charge in [-0.1, -0.05) is 36.4 Å². The van der Waals surface area contributed by atoms with E-state index in [1.807, 2.05) is 6.07 Å². The van der Waals surface area contributed by atoms with Crippen LogP contribution in [0.5, 0.6) is 11.5 Å². The van der Waals surface area contributed by atoms with Crippen LogP contribution in [0.25, 0.3) is 6.08 Å². The SMILES string of the molecule is COc1cc(/C=C2/SC(N3CCN(Cc4ccccc4)CC3)=NC2=O)ccc1OCC(=O)O. The molecule has 2 aromatic carbocycles. The lowest BCUT2D eigenvalue weighted by Crippen LogP contribution is -2.47. The van der Waals surface area contributed by atoms with Crippen LogP contribution in [0.4, 0.5) is 0 Å². The van der Waals surface area contributed by atoms with E-state index in [-0.39, 0.29) is 5.91 Å². The van der Waals surface area contributed by atoms with E-state index < -0.39 is 12.6 Å². The quantitative estimate of drug-likeness (QED) is 0.622. The van der Waals surface area contributed by atoms with Gasteiger partial charge in [0.25, 0.3) is 5.91 Å². The minimum absolute atomic E-state index is 0.258. The van der Waals surface area contributed by atoms with Gasteiger partial charge in [-0.15, -0.1) is 0 Å². The lowest BCUT2D eigenvalue weighted by atomic mass is 10.2. The van der Waals surface area contributed by atoms with Crippen LogP contribution in [0, 0.1) is 0 Å². The van der Waals surface area contributed by atoms with Crippen molar-refractivity contribution in [3.8, 4) is 11.5 Å². The molecule has 0 aromatic heterocycles. The van der Waals surface area contributed by atoms with E-state index in [2.05, 4.69) is 39.1 Å². The number of amides is 1. The van der Waals surface area contributed by atoms with Gasteiger partial charge >= 0.3 is 5.97 Å². The molecule has 0 saturated carbocycles. The summed E-state index contributed by atoms with van der Waals surface area (Å²) in [5.41, 5.74) is 2.04. The van der Waals surface area contributed by atoms with Crippen molar-refractivity contribution in [2.45, 2.75) is 6.54 Å². The third kappa shape index (κ3) is 5.94. The van der Waals surface area contributed by atoms with Crippen molar-refractivity contribution in [2.75, 3.05) is 39.9 Å². The van der Waals surface area contributed by atoms with Crippen molar-refractivity contribution in [2.24, 2.45) is 4.99 Å². The number of thioether (sulfide) groups is 1. The number of carbonyl (C=O) groups excluding carboxylic acids is 1. The number of methoxy groups -OCH3 is 1. The Bertz CT molecular complexity index is 1080. The Balaban J connectivity index is 1.36. The van der Waals surface area contributed by atoms with Gasteiger partial charge in [0.1, 0.15) is 0 Å². The van der Waals surface area contributed by atoms with Gasteiger partial charge in [0.15, 0.2) is 23.3 Å². The summed E-state index contributed by atoms with van der Waals surface area (Å²) in [5.74, 6) is -0.594. The van der Waals surface area contributed by atoms with Crippen molar-refractivity contribution in [1.29, 1.82) is 0 Å². The summed E-state index contributed by atoms with van der Waals surface area (Å²) in [4.78, 5) is 32.6. The monoisotopic (exact) mass is 467 g/mol. The molecule has 1 saturated heterocycles. The molecular weight excluding hydrogens is 442 g/mol. The minimum atomic E-state index is -1.07. The van der Waals surface area contributed by atoms with E-state index in [1.54, 1.807) is 24.3 Å². The third-order valence-electron chi connectivity index (χ3n) is 5.34. The number of aliphatic imine (C=N–C) groups is 1. The number of hydrogen-bond donors (Lipinski definition) is 1. The van der Waals surface area contributed by atoms with Crippen molar-refractivity contribution in [3.63, 3.8) is 0 Å². The van der Waals surface area contributed by atoms with Crippen LogP contribution in [-0.4, -0.2) is 71.8 Å². The second-order valence-electron chi connectivity index (χ2n) is 7.65. The molecule has 2 aliphatic rings. The summed E-state index contributed by atoms with van der Waals surface area (Å²) >= 11 is 1.38. The molecule has 0 spiro atoms. The summed E-state index contributed by atoms with van der Waals surface area (Å²) in [6, 6.07) is 15.5. The normalized spacial score (nSPS) is 17.8. The number of piperazine rings is 1. The fourth-order valence-corrected chi connectivity index (χ4v) is 4.62. The number of carboxylic acid groups (broad SMARTS) is 1. The summed E-state index contributed by atoms with van der Waals surface area (Å²) in [5, 5.41) is 9.53. The number of amidine groups is 1. The van der Waals surface area contributed by atoms with Crippen molar-refractivity contribution < 1.29 is 24.2 Å². The Morgan fingerprint density at radius 1 is 1.12 bits per heavy atom. The van der Waals surface area contributed by atoms with Crippen LogP contribution < -0.4 is 9.47 Å². The molecule has 0 radical (unpaired) electrons. The van der Waals surface area contributed by atoms with Crippen molar-refractivity contribution >= 4 is 34.9 Å². The molecule has 0 atom stereocenters. The Labute approximate surface area is 196 Å². The Kier molecular flexibility index (Phi) is 7.31. The molecule has 0 unspecified atom stereocenters. The predicted octanol–water partition coefficient (Wildman–Crippen LogP) is 2.95. The highest BCUT2D eigenvalue weighted by atomic mass is 32.2. The number of nitrogens with zero attached hydrogens (tertiary/aromatic N) is 3. The maximum atomic E-state index is 12.5. The van der Waals surface area contributed by atoms with Gasteiger partial charge in [-0.3, -0.25) is 9.69 Å². The molecule has 2 aliphatic heterocycles. The molecule has 2 aromatic rings. The molecular formula is C24H25N3O5S. The zero-order chi connectivity index (χ0) is 23.2. The molecule has 0 bridgehead atoms. The standard InChI is InChI=1S/C24H25N3O5S/c1-31-20-13-18(7-8-19(20)32-16-22(28)29)14-21-23(30)25-24(33-21)27-11-9-26(10-12-27)15-17-5-3-2-4-6-17/h2-8,13-14H,9-12,15-16H2,1H3,(H,28,29)/b21-14+. The van der Waals surface area contributed by atoms with E-state index in [0.717, 1.165) is 43.5 Å². The Morgan fingerprint density at radius 3 is 2.58 bits per heavy atom. The topological polar surface area (TPSA) is 91.7 Å². The van der Waals surface area contributed by atoms with Crippen molar-refractivity contribution in [3.05, 3.63) is 64.6 Å². The molecule has 1 N–H and O–H groups in total. The van der Waals surface area contributed by atoms with Gasteiger partial charge in [-0.05, 0) is 41.1 Å². The highest BCUT2D eigenvalue weighted by molar-refractivity contribution is 8.18. The highest BCUT2D eigenvalue weighted by Gasteiger charge is 2.28. The number of hydrogen-bond acceptors (Lipinski definition) is 7. The molecule has 2 heterocycles. The van der Waals surface area contributed by atoms with Crippen LogP contribution in [0.15, 0.2) is 58.4 Å². The number of ether oxygens (including phenoxy) is 2. The highest BCUT2D eigenvalue weighted by Crippen LogP contribution is 2.33. The number of carboxylic acids is 1. The van der Waals surface area contributed by atoms with Gasteiger partial charge in [0, 0.05) is 32.7 Å². The fourth-order valence-electron chi connectivity index (χ4n) is 3.66. The molecule has 1 amide bonds. The third-order valence-corrected chi connectivity index (χ3v) is 6.38. The summed E-state index contributed by atoms with van der Waals surface area (Å²) in [6.07, 6.45) is 1.76. The van der Waals surface area contributed by atoms with Crippen LogP contribution in [0.2, 0.25) is 0 Å². The van der Waals surface area contributed by atoms with E-state index >= 15 is 0 Å². The van der Waals surface area contributed by atoms with Crippen LogP contribution >= 0.6 is 11.8 Å². The Hall–Kier alpha value is -3.30. The van der Waals surface area contributed by atoms with Gasteiger partial charge in [0.05, 0.1) is 12.0 Å². The van der Waals surface area contributed by atoms with Crippen LogP contribution in [-0.2, 0) is 16.1 Å². The summed E-state index contributed by atoms with van der Waals surface area (Å²) in [6.45, 7) is 3.94. The van der Waals surface area contributed by atoms with Gasteiger partial charge < -0.3 is 19.5 Å². The second kappa shape index (κ2) is 10.5. The van der Waals surface area contributed by atoms with Crippen LogP contribution in [0.1, 0.15) is 11.1 Å². The second-order valence-corrected chi connectivity index (χ2v) is 8.66. The fraction of sp³-hybridized carbons (Fsp3) is 0.292. The summed E-state index contributed by atoms with van der Waals surface area (Å²) < 4.78 is 10.5. The lowest BCUT2D eigenvalue weighted by Gasteiger charge is -2.35. The minimum Gasteiger partial charge on any atom is -0.493 e. The number of rotatable bonds is 7. The number of benzene rings is 2. The van der Waals surface area contributed by atoms with E-state index in [4.69, 9.17) is 14.6 Å². The maximum absolute atomic E-state index is 12.5. The molecule has 172 valence electrons. The van der Waals surface area contributed by atoms with Gasteiger partial charge in [-0.2, -0.15) is 4.99 Å². The largest absolute Gasteiger partial charge is 0.493 e. The molecule has 1 fully saturated rings. The smallest absolute Gasteiger partial charge is 0.341 e. The Morgan fingerprint density at radius 2 is 1.88 bits per heavy atom. The van der Waals surface area contributed by atoms with E-state index in [1.165, 1.54) is 24.4 Å². The van der Waals surface area contributed by atoms with Gasteiger partial charge in [0.2, 0.25) is 0 Å². The molecule has 8 nitrogen and oxygen atoms in total. The lowest BCUT2D eigenvalue weighted by molar-refractivity contribution is -0.139. The van der Waals surface area contributed by atoms with Crippen LogP contribution in [0.3, 0.4) is 0 Å². The number of aliphatic carboxylic acids is 1. The first kappa shape index (κ1) is 22.9. The molecule has 9 heteroatoms. The van der Waals surface area contributed by atoms with E-state index in [0.29, 0.717) is 16.4 Å². The van der Waals surface area contributed by atoms with Crippen molar-refractivity contribution in [1.82, 2.24) is 9.80 Å². The first-order valence-electron chi connectivity index (χ1n) is 10.6. The zero-order valence-corrected chi connectivity index (χ0v) is 19.1. The maximum Gasteiger partial charge on any atom is 0.341 e. The number of carbonyl (C=O) groups is 2. The average Bonchev–Trinajstić information content (AvgIpc) is 3.19. The van der Waals surface area contributed by atoms with Gasteiger partial charge in [-0.25, -0.2) is 4.79 Å². The molecule has 0 aliphatic carbocycles. The predicted molar refractivity (Wildman–Crippen MR) is 127 cm³/mol.